The van der Waals surface area contributed by atoms with E-state index < -0.39 is 0 Å². The van der Waals surface area contributed by atoms with Crippen molar-refractivity contribution in [2.45, 2.75) is 27.2 Å². The SMILES string of the molecule is Bc1cc(Cc2ccc(C)cc2C)ccc1C. The molecule has 0 unspecified atom stereocenters. The van der Waals surface area contributed by atoms with E-state index in [1.165, 1.54) is 33.3 Å². The topological polar surface area (TPSA) is 0 Å². The Kier molecular flexibility index (Phi) is 3.37. The van der Waals surface area contributed by atoms with Crippen LogP contribution in [0.2, 0.25) is 0 Å². The molecule has 1 heteroatoms. The highest BCUT2D eigenvalue weighted by Crippen LogP contribution is 2.15. The van der Waals surface area contributed by atoms with E-state index in [0.29, 0.717) is 0 Å². The smallest absolute Gasteiger partial charge is 0.0858 e. The summed E-state index contributed by atoms with van der Waals surface area (Å²) in [5, 5.41) is 0. The lowest BCUT2D eigenvalue weighted by molar-refractivity contribution is 1.15. The number of hydrogen-bond acceptors (Lipinski definition) is 0. The van der Waals surface area contributed by atoms with Crippen molar-refractivity contribution in [1.29, 1.82) is 0 Å². The molecule has 0 N–H and O–H groups in total. The Labute approximate surface area is 105 Å². The first-order valence-corrected chi connectivity index (χ1v) is 6.18. The van der Waals surface area contributed by atoms with Crippen LogP contribution in [0.4, 0.5) is 0 Å². The molecule has 0 atom stereocenters. The lowest BCUT2D eigenvalue weighted by atomic mass is 9.88. The van der Waals surface area contributed by atoms with E-state index in [1.807, 2.05) is 0 Å². The first-order valence-electron chi connectivity index (χ1n) is 6.18. The van der Waals surface area contributed by atoms with Crippen molar-refractivity contribution >= 4 is 13.3 Å². The summed E-state index contributed by atoms with van der Waals surface area (Å²) < 4.78 is 0. The maximum atomic E-state index is 2.30. The first-order chi connectivity index (χ1) is 8.06. The summed E-state index contributed by atoms with van der Waals surface area (Å²) in [6.07, 6.45) is 1.03. The van der Waals surface area contributed by atoms with Gasteiger partial charge in [0.25, 0.3) is 0 Å². The van der Waals surface area contributed by atoms with Crippen molar-refractivity contribution < 1.29 is 0 Å². The molecule has 0 amide bonds. The first kappa shape index (κ1) is 12.0. The highest BCUT2D eigenvalue weighted by atomic mass is 14.1. The zero-order valence-electron chi connectivity index (χ0n) is 11.2. The Morgan fingerprint density at radius 2 is 1.65 bits per heavy atom. The summed E-state index contributed by atoms with van der Waals surface area (Å²) in [6, 6.07) is 13.5. The van der Waals surface area contributed by atoms with Crippen molar-refractivity contribution in [2.24, 2.45) is 0 Å². The Morgan fingerprint density at radius 3 is 2.29 bits per heavy atom. The van der Waals surface area contributed by atoms with Crippen LogP contribution in [0.1, 0.15) is 27.8 Å². The summed E-state index contributed by atoms with van der Waals surface area (Å²) in [4.78, 5) is 0. The third-order valence-electron chi connectivity index (χ3n) is 3.46. The normalized spacial score (nSPS) is 10.5. The van der Waals surface area contributed by atoms with E-state index in [9.17, 15) is 0 Å². The lowest BCUT2D eigenvalue weighted by Crippen LogP contribution is -2.08. The third-order valence-corrected chi connectivity index (χ3v) is 3.46. The Morgan fingerprint density at radius 1 is 0.882 bits per heavy atom. The van der Waals surface area contributed by atoms with E-state index in [1.54, 1.807) is 0 Å². The molecule has 0 nitrogen and oxygen atoms in total. The highest BCUT2D eigenvalue weighted by molar-refractivity contribution is 6.33. The molecule has 17 heavy (non-hydrogen) atoms. The second-order valence-corrected chi connectivity index (χ2v) is 5.03. The molecule has 0 spiro atoms. The summed E-state index contributed by atoms with van der Waals surface area (Å²) in [6.45, 7) is 6.51. The Hall–Kier alpha value is -1.50. The van der Waals surface area contributed by atoms with Gasteiger partial charge in [0.05, 0.1) is 0 Å². The molecule has 0 saturated carbocycles. The zero-order chi connectivity index (χ0) is 12.4. The molecule has 0 aliphatic heterocycles. The minimum Gasteiger partial charge on any atom is -0.0858 e. The van der Waals surface area contributed by atoms with Gasteiger partial charge in [-0.1, -0.05) is 53.0 Å². The van der Waals surface area contributed by atoms with Crippen molar-refractivity contribution in [2.75, 3.05) is 0 Å². The molecular weight excluding hydrogens is 203 g/mol. The monoisotopic (exact) mass is 222 g/mol. The maximum Gasteiger partial charge on any atom is 0.139 e. The van der Waals surface area contributed by atoms with E-state index >= 15 is 0 Å². The average Bonchev–Trinajstić information content (AvgIpc) is 2.27. The number of rotatable bonds is 2. The van der Waals surface area contributed by atoms with Crippen LogP contribution in [0.15, 0.2) is 36.4 Å². The zero-order valence-corrected chi connectivity index (χ0v) is 11.2. The molecule has 0 heterocycles. The number of aryl methyl sites for hydroxylation is 3. The predicted octanol–water partition coefficient (Wildman–Crippen LogP) is 2.46. The second-order valence-electron chi connectivity index (χ2n) is 5.03. The minimum absolute atomic E-state index is 1.03. The summed E-state index contributed by atoms with van der Waals surface area (Å²) >= 11 is 0. The van der Waals surface area contributed by atoms with Crippen molar-refractivity contribution in [3.05, 3.63) is 64.2 Å². The van der Waals surface area contributed by atoms with Gasteiger partial charge in [-0.25, -0.2) is 0 Å². The quantitative estimate of drug-likeness (QED) is 0.684. The van der Waals surface area contributed by atoms with Gasteiger partial charge in [0.2, 0.25) is 0 Å². The maximum absolute atomic E-state index is 2.30. The van der Waals surface area contributed by atoms with Crippen LogP contribution in [0.3, 0.4) is 0 Å². The summed E-state index contributed by atoms with van der Waals surface area (Å²) in [5.41, 5.74) is 8.31. The number of hydrogen-bond donors (Lipinski definition) is 0. The van der Waals surface area contributed by atoms with E-state index in [-0.39, 0.29) is 0 Å². The molecule has 2 aromatic rings. The molecule has 0 fully saturated rings. The summed E-state index contributed by atoms with van der Waals surface area (Å²) in [5.74, 6) is 0. The molecule has 0 aliphatic rings. The van der Waals surface area contributed by atoms with Gasteiger partial charge in [-0.3, -0.25) is 0 Å². The predicted molar refractivity (Wildman–Crippen MR) is 78.1 cm³/mol. The van der Waals surface area contributed by atoms with Crippen LogP contribution in [-0.2, 0) is 6.42 Å². The molecule has 2 aromatic carbocycles. The van der Waals surface area contributed by atoms with Gasteiger partial charge in [0, 0.05) is 0 Å². The minimum atomic E-state index is 1.03. The van der Waals surface area contributed by atoms with Crippen LogP contribution >= 0.6 is 0 Å². The molecule has 0 radical (unpaired) electrons. The fraction of sp³-hybridized carbons (Fsp3) is 0.250. The highest BCUT2D eigenvalue weighted by Gasteiger charge is 2.01. The van der Waals surface area contributed by atoms with Gasteiger partial charge >= 0.3 is 0 Å². The van der Waals surface area contributed by atoms with Crippen molar-refractivity contribution in [3.63, 3.8) is 0 Å². The molecule has 0 bridgehead atoms. The van der Waals surface area contributed by atoms with Gasteiger partial charge in [-0.2, -0.15) is 0 Å². The third kappa shape index (κ3) is 2.79. The van der Waals surface area contributed by atoms with Crippen molar-refractivity contribution in [1.82, 2.24) is 0 Å². The van der Waals surface area contributed by atoms with Gasteiger partial charge in [0.1, 0.15) is 7.85 Å². The van der Waals surface area contributed by atoms with Crippen LogP contribution in [0.5, 0.6) is 0 Å². The largest absolute Gasteiger partial charge is 0.139 e. The fourth-order valence-corrected chi connectivity index (χ4v) is 2.18. The molecule has 86 valence electrons. The van der Waals surface area contributed by atoms with Crippen LogP contribution in [0, 0.1) is 20.8 Å². The molecule has 0 aromatic heterocycles. The average molecular weight is 222 g/mol. The van der Waals surface area contributed by atoms with Gasteiger partial charge in [-0.05, 0) is 43.9 Å². The van der Waals surface area contributed by atoms with Gasteiger partial charge < -0.3 is 0 Å². The second kappa shape index (κ2) is 4.79. The molecule has 2 rings (SSSR count). The molecule has 0 saturated heterocycles. The van der Waals surface area contributed by atoms with E-state index in [0.717, 1.165) is 6.42 Å². The summed E-state index contributed by atoms with van der Waals surface area (Å²) in [7, 11) is 2.18. The molecule has 0 aliphatic carbocycles. The van der Waals surface area contributed by atoms with Crippen LogP contribution < -0.4 is 5.46 Å². The van der Waals surface area contributed by atoms with Crippen molar-refractivity contribution in [3.8, 4) is 0 Å². The number of benzene rings is 2. The van der Waals surface area contributed by atoms with Crippen LogP contribution in [0.25, 0.3) is 0 Å². The van der Waals surface area contributed by atoms with E-state index in [2.05, 4.69) is 65.0 Å². The fourth-order valence-electron chi connectivity index (χ4n) is 2.18. The Balaban J connectivity index is 2.28. The Bertz CT molecular complexity index is 541. The van der Waals surface area contributed by atoms with Gasteiger partial charge in [-0.15, -0.1) is 0 Å². The lowest BCUT2D eigenvalue weighted by Gasteiger charge is -2.09. The standard InChI is InChI=1S/C16H19B/c1-11-4-7-15(13(3)8-11)9-14-6-5-12(2)16(17)10-14/h4-8,10H,9,17H2,1-3H3. The van der Waals surface area contributed by atoms with Crippen LogP contribution in [-0.4, -0.2) is 7.85 Å². The van der Waals surface area contributed by atoms with E-state index in [4.69, 9.17) is 0 Å². The van der Waals surface area contributed by atoms with Gasteiger partial charge in [0.15, 0.2) is 0 Å². The molecular formula is C16H19B.